The summed E-state index contributed by atoms with van der Waals surface area (Å²) < 4.78 is 55.4. The van der Waals surface area contributed by atoms with E-state index in [0.717, 1.165) is 12.1 Å². The number of benzene rings is 2. The average Bonchev–Trinajstić information content (AvgIpc) is 2.37. The summed E-state index contributed by atoms with van der Waals surface area (Å²) >= 11 is 0. The van der Waals surface area contributed by atoms with E-state index in [-0.39, 0.29) is 4.90 Å². The lowest BCUT2D eigenvalue weighted by Gasteiger charge is -2.06. The highest BCUT2D eigenvalue weighted by atomic mass is 32.2. The number of ether oxygens (including phenoxy) is 1. The van der Waals surface area contributed by atoms with Crippen molar-refractivity contribution in [1.82, 2.24) is 0 Å². The summed E-state index contributed by atoms with van der Waals surface area (Å²) in [6, 6.07) is 7.73. The molecule has 0 aromatic heterocycles. The summed E-state index contributed by atoms with van der Waals surface area (Å²) in [5, 5.41) is 0. The zero-order valence-corrected chi connectivity index (χ0v) is 10.7. The van der Waals surface area contributed by atoms with Crippen molar-refractivity contribution >= 4 is 9.84 Å². The molecule has 0 spiro atoms. The molecule has 3 nitrogen and oxygen atoms in total. The summed E-state index contributed by atoms with van der Waals surface area (Å²) in [4.78, 5) is -0.478. The van der Waals surface area contributed by atoms with Crippen LogP contribution in [0.1, 0.15) is 0 Å². The van der Waals surface area contributed by atoms with Gasteiger partial charge in [-0.1, -0.05) is 0 Å². The van der Waals surface area contributed by atoms with Gasteiger partial charge in [0.1, 0.15) is 17.4 Å². The van der Waals surface area contributed by atoms with Gasteiger partial charge in [-0.3, -0.25) is 0 Å². The minimum absolute atomic E-state index is 0.0571. The number of sulfone groups is 1. The van der Waals surface area contributed by atoms with E-state index in [9.17, 15) is 17.2 Å². The van der Waals surface area contributed by atoms with Gasteiger partial charge in [-0.15, -0.1) is 0 Å². The Morgan fingerprint density at radius 1 is 0.895 bits per heavy atom. The third-order valence-corrected chi connectivity index (χ3v) is 4.27. The lowest BCUT2D eigenvalue weighted by molar-refractivity contribution is 0.414. The molecular formula is C13H10F2O3S. The zero-order valence-electron chi connectivity index (χ0n) is 9.93. The first-order valence-electron chi connectivity index (χ1n) is 5.29. The normalized spacial score (nSPS) is 11.3. The number of hydrogen-bond donors (Lipinski definition) is 0. The van der Waals surface area contributed by atoms with Gasteiger partial charge in [0.2, 0.25) is 9.84 Å². The number of methoxy groups -OCH3 is 1. The van der Waals surface area contributed by atoms with E-state index < -0.39 is 26.4 Å². The molecule has 0 aliphatic heterocycles. The monoisotopic (exact) mass is 284 g/mol. The molecule has 19 heavy (non-hydrogen) atoms. The van der Waals surface area contributed by atoms with Crippen molar-refractivity contribution in [3.8, 4) is 5.75 Å². The summed E-state index contributed by atoms with van der Waals surface area (Å²) in [5.74, 6) is -1.39. The Kier molecular flexibility index (Phi) is 3.53. The summed E-state index contributed by atoms with van der Waals surface area (Å²) in [7, 11) is -2.49. The molecule has 2 aromatic carbocycles. The van der Waals surface area contributed by atoms with E-state index >= 15 is 0 Å². The van der Waals surface area contributed by atoms with E-state index in [4.69, 9.17) is 4.74 Å². The summed E-state index contributed by atoms with van der Waals surface area (Å²) in [5.41, 5.74) is 0. The Labute approximate surface area is 109 Å². The van der Waals surface area contributed by atoms with Crippen molar-refractivity contribution in [2.45, 2.75) is 9.79 Å². The molecule has 0 saturated carbocycles. The maximum Gasteiger partial charge on any atom is 0.206 e. The van der Waals surface area contributed by atoms with Gasteiger partial charge in [0.25, 0.3) is 0 Å². The number of rotatable bonds is 3. The van der Waals surface area contributed by atoms with Crippen LogP contribution in [0.25, 0.3) is 0 Å². The van der Waals surface area contributed by atoms with Crippen LogP contribution in [-0.2, 0) is 9.84 Å². The van der Waals surface area contributed by atoms with Crippen LogP contribution in [0.4, 0.5) is 8.78 Å². The van der Waals surface area contributed by atoms with Crippen molar-refractivity contribution in [2.24, 2.45) is 0 Å². The van der Waals surface area contributed by atoms with Crippen LogP contribution in [0, 0.1) is 11.6 Å². The smallest absolute Gasteiger partial charge is 0.206 e. The number of hydrogen-bond acceptors (Lipinski definition) is 3. The van der Waals surface area contributed by atoms with E-state index in [1.165, 1.54) is 31.4 Å². The molecule has 0 aliphatic rings. The molecule has 2 rings (SSSR count). The Hall–Kier alpha value is -1.95. The molecule has 2 aromatic rings. The van der Waals surface area contributed by atoms with Crippen molar-refractivity contribution in [2.75, 3.05) is 7.11 Å². The SMILES string of the molecule is COc1ccc(S(=O)(=O)c2cc(F)cc(F)c2)cc1. The van der Waals surface area contributed by atoms with Crippen molar-refractivity contribution in [1.29, 1.82) is 0 Å². The zero-order chi connectivity index (χ0) is 14.0. The predicted octanol–water partition coefficient (Wildman–Crippen LogP) is 2.81. The summed E-state index contributed by atoms with van der Waals surface area (Å²) in [6.07, 6.45) is 0. The Morgan fingerprint density at radius 2 is 1.42 bits per heavy atom. The van der Waals surface area contributed by atoms with Gasteiger partial charge >= 0.3 is 0 Å². The van der Waals surface area contributed by atoms with Crippen LogP contribution >= 0.6 is 0 Å². The molecule has 0 amide bonds. The summed E-state index contributed by atoms with van der Waals surface area (Å²) in [6.45, 7) is 0. The quantitative estimate of drug-likeness (QED) is 0.870. The minimum Gasteiger partial charge on any atom is -0.497 e. The fraction of sp³-hybridized carbons (Fsp3) is 0.0769. The number of halogens is 2. The van der Waals surface area contributed by atoms with Gasteiger partial charge in [-0.25, -0.2) is 17.2 Å². The molecule has 0 bridgehead atoms. The standard InChI is InChI=1S/C13H10F2O3S/c1-18-11-2-4-12(5-3-11)19(16,17)13-7-9(14)6-10(15)8-13/h2-8H,1H3. The minimum atomic E-state index is -3.94. The first-order valence-corrected chi connectivity index (χ1v) is 6.77. The largest absolute Gasteiger partial charge is 0.497 e. The average molecular weight is 284 g/mol. The topological polar surface area (TPSA) is 43.4 Å². The van der Waals surface area contributed by atoms with Gasteiger partial charge in [0, 0.05) is 6.07 Å². The van der Waals surface area contributed by atoms with Gasteiger partial charge in [0.05, 0.1) is 16.9 Å². The second-order valence-electron chi connectivity index (χ2n) is 3.78. The maximum absolute atomic E-state index is 13.1. The highest BCUT2D eigenvalue weighted by Gasteiger charge is 2.19. The predicted molar refractivity (Wildman–Crippen MR) is 64.8 cm³/mol. The van der Waals surface area contributed by atoms with E-state index in [0.29, 0.717) is 11.8 Å². The van der Waals surface area contributed by atoms with Crippen molar-refractivity contribution < 1.29 is 21.9 Å². The Bertz CT molecular complexity index is 674. The van der Waals surface area contributed by atoms with Crippen LogP contribution < -0.4 is 4.74 Å². The second-order valence-corrected chi connectivity index (χ2v) is 5.73. The molecule has 100 valence electrons. The molecule has 0 N–H and O–H groups in total. The first kappa shape index (κ1) is 13.5. The molecule has 6 heteroatoms. The van der Waals surface area contributed by atoms with E-state index in [1.54, 1.807) is 0 Å². The van der Waals surface area contributed by atoms with Gasteiger partial charge in [0.15, 0.2) is 0 Å². The Morgan fingerprint density at radius 3 is 1.89 bits per heavy atom. The third-order valence-electron chi connectivity index (χ3n) is 2.52. The molecule has 0 unspecified atom stereocenters. The van der Waals surface area contributed by atoms with Crippen LogP contribution in [-0.4, -0.2) is 15.5 Å². The molecule has 0 atom stereocenters. The molecule has 0 heterocycles. The van der Waals surface area contributed by atoms with E-state index in [2.05, 4.69) is 0 Å². The molecular weight excluding hydrogens is 274 g/mol. The fourth-order valence-corrected chi connectivity index (χ4v) is 2.88. The van der Waals surface area contributed by atoms with Crippen LogP contribution in [0.3, 0.4) is 0 Å². The van der Waals surface area contributed by atoms with Crippen LogP contribution in [0.2, 0.25) is 0 Å². The molecule has 0 aliphatic carbocycles. The van der Waals surface area contributed by atoms with Crippen molar-refractivity contribution in [3.63, 3.8) is 0 Å². The van der Waals surface area contributed by atoms with Gasteiger partial charge in [-0.2, -0.15) is 0 Å². The van der Waals surface area contributed by atoms with Gasteiger partial charge < -0.3 is 4.74 Å². The molecule has 0 radical (unpaired) electrons. The maximum atomic E-state index is 13.1. The highest BCUT2D eigenvalue weighted by molar-refractivity contribution is 7.91. The van der Waals surface area contributed by atoms with E-state index in [1.807, 2.05) is 0 Å². The van der Waals surface area contributed by atoms with Crippen molar-refractivity contribution in [3.05, 3.63) is 54.1 Å². The molecule has 0 fully saturated rings. The molecule has 0 saturated heterocycles. The Balaban J connectivity index is 2.51. The van der Waals surface area contributed by atoms with Crippen LogP contribution in [0.5, 0.6) is 5.75 Å². The highest BCUT2D eigenvalue weighted by Crippen LogP contribution is 2.24. The second kappa shape index (κ2) is 4.97. The third kappa shape index (κ3) is 2.73. The fourth-order valence-electron chi connectivity index (χ4n) is 1.57. The first-order chi connectivity index (χ1) is 8.93. The van der Waals surface area contributed by atoms with Crippen LogP contribution in [0.15, 0.2) is 52.3 Å². The lowest BCUT2D eigenvalue weighted by atomic mass is 10.3. The lowest BCUT2D eigenvalue weighted by Crippen LogP contribution is -2.03. The van der Waals surface area contributed by atoms with Gasteiger partial charge in [-0.05, 0) is 36.4 Å².